The third-order valence-electron chi connectivity index (χ3n) is 4.79. The fourth-order valence-corrected chi connectivity index (χ4v) is 3.19. The minimum atomic E-state index is -1.04. The summed E-state index contributed by atoms with van der Waals surface area (Å²) in [4.78, 5) is 49.8. The van der Waals surface area contributed by atoms with Gasteiger partial charge in [-0.3, -0.25) is 19.3 Å². The number of benzene rings is 1. The van der Waals surface area contributed by atoms with E-state index in [1.54, 1.807) is 19.1 Å². The molecule has 1 aliphatic carbocycles. The van der Waals surface area contributed by atoms with E-state index in [0.717, 1.165) is 17.7 Å². The molecule has 8 heteroatoms. The van der Waals surface area contributed by atoms with Crippen molar-refractivity contribution in [2.45, 2.75) is 38.3 Å². The van der Waals surface area contributed by atoms with Crippen molar-refractivity contribution in [3.63, 3.8) is 0 Å². The highest BCUT2D eigenvalue weighted by molar-refractivity contribution is 6.30. The van der Waals surface area contributed by atoms with Crippen LogP contribution < -0.4 is 5.32 Å². The second-order valence-corrected chi connectivity index (χ2v) is 7.24. The van der Waals surface area contributed by atoms with Gasteiger partial charge in [-0.15, -0.1) is 0 Å². The second-order valence-electron chi connectivity index (χ2n) is 6.80. The summed E-state index contributed by atoms with van der Waals surface area (Å²) in [6, 6.07) is 5.59. The minimum absolute atomic E-state index is 0.102. The van der Waals surface area contributed by atoms with Crippen LogP contribution >= 0.6 is 11.6 Å². The zero-order valence-electron chi connectivity index (χ0n) is 14.5. The Kier molecular flexibility index (Phi) is 4.75. The molecule has 26 heavy (non-hydrogen) atoms. The predicted molar refractivity (Wildman–Crippen MR) is 92.7 cm³/mol. The Labute approximate surface area is 155 Å². The first-order valence-corrected chi connectivity index (χ1v) is 8.73. The van der Waals surface area contributed by atoms with Crippen LogP contribution in [0.2, 0.25) is 5.02 Å². The van der Waals surface area contributed by atoms with E-state index >= 15 is 0 Å². The Bertz CT molecular complexity index is 774. The molecule has 1 N–H and O–H groups in total. The van der Waals surface area contributed by atoms with E-state index < -0.39 is 41.9 Å². The van der Waals surface area contributed by atoms with Crippen molar-refractivity contribution in [2.75, 3.05) is 6.54 Å². The van der Waals surface area contributed by atoms with Gasteiger partial charge in [0.2, 0.25) is 5.78 Å². The Morgan fingerprint density at radius 3 is 2.50 bits per heavy atom. The summed E-state index contributed by atoms with van der Waals surface area (Å²) in [5.41, 5.74) is -0.603. The average molecular weight is 379 g/mol. The van der Waals surface area contributed by atoms with E-state index in [1.165, 1.54) is 19.1 Å². The number of urea groups is 1. The van der Waals surface area contributed by atoms with Gasteiger partial charge in [0.05, 0.1) is 0 Å². The summed E-state index contributed by atoms with van der Waals surface area (Å²) in [6.07, 6.45) is 0.695. The van der Waals surface area contributed by atoms with Crippen LogP contribution in [0.15, 0.2) is 24.3 Å². The van der Waals surface area contributed by atoms with Crippen molar-refractivity contribution in [2.24, 2.45) is 5.92 Å². The smallest absolute Gasteiger partial charge is 0.326 e. The lowest BCUT2D eigenvalue weighted by Crippen LogP contribution is -2.46. The van der Waals surface area contributed by atoms with Crippen molar-refractivity contribution < 1.29 is 23.9 Å². The van der Waals surface area contributed by atoms with Crippen LogP contribution in [0.4, 0.5) is 4.79 Å². The van der Waals surface area contributed by atoms with Crippen LogP contribution in [0.5, 0.6) is 0 Å². The maximum Gasteiger partial charge on any atom is 0.326 e. The molecule has 2 atom stereocenters. The van der Waals surface area contributed by atoms with Crippen molar-refractivity contribution in [1.29, 1.82) is 0 Å². The topological polar surface area (TPSA) is 92.8 Å². The first-order chi connectivity index (χ1) is 12.2. The molecule has 1 aliphatic heterocycles. The predicted octanol–water partition coefficient (Wildman–Crippen LogP) is 2.17. The standard InChI is InChI=1S/C18H19ClN2O5/c1-10(15(23)11-3-7-13(19)8-4-11)26-14(22)9-21-16(24)18(2,12-5-6-12)20-17(21)25/h3-4,7-8,10,12H,5-6,9H2,1-2H3,(H,20,25)/t10-,18-/m0/s1. The maximum absolute atomic E-state index is 12.5. The molecule has 7 nitrogen and oxygen atoms in total. The molecule has 138 valence electrons. The highest BCUT2D eigenvalue weighted by Gasteiger charge is 2.56. The lowest BCUT2D eigenvalue weighted by Gasteiger charge is -2.21. The first kappa shape index (κ1) is 18.4. The molecule has 1 saturated heterocycles. The zero-order chi connectivity index (χ0) is 19.1. The van der Waals surface area contributed by atoms with Gasteiger partial charge in [0, 0.05) is 10.6 Å². The van der Waals surface area contributed by atoms with Crippen molar-refractivity contribution >= 4 is 35.3 Å². The summed E-state index contributed by atoms with van der Waals surface area (Å²) in [6.45, 7) is 2.59. The normalized spacial score (nSPS) is 23.6. The van der Waals surface area contributed by atoms with Gasteiger partial charge in [-0.1, -0.05) is 11.6 Å². The lowest BCUT2D eigenvalue weighted by molar-refractivity contribution is -0.150. The SMILES string of the molecule is C[C@H](OC(=O)CN1C(=O)N[C@@](C)(C2CC2)C1=O)C(=O)c1ccc(Cl)cc1. The zero-order valence-corrected chi connectivity index (χ0v) is 15.2. The van der Waals surface area contributed by atoms with Gasteiger partial charge in [0.1, 0.15) is 12.1 Å². The number of carbonyl (C=O) groups excluding carboxylic acids is 4. The molecule has 1 heterocycles. The molecular formula is C18H19ClN2O5. The summed E-state index contributed by atoms with van der Waals surface area (Å²) >= 11 is 5.78. The quantitative estimate of drug-likeness (QED) is 0.465. The minimum Gasteiger partial charge on any atom is -0.453 e. The van der Waals surface area contributed by atoms with Gasteiger partial charge >= 0.3 is 12.0 Å². The second kappa shape index (κ2) is 6.72. The van der Waals surface area contributed by atoms with Crippen molar-refractivity contribution in [1.82, 2.24) is 10.2 Å². The number of Topliss-reactive ketones (excluding diaryl/α,β-unsaturated/α-hetero) is 1. The van der Waals surface area contributed by atoms with E-state index in [4.69, 9.17) is 16.3 Å². The number of hydrogen-bond acceptors (Lipinski definition) is 5. The third kappa shape index (κ3) is 3.44. The number of esters is 1. The number of amides is 3. The van der Waals surface area contributed by atoms with Crippen LogP contribution in [-0.2, 0) is 14.3 Å². The third-order valence-corrected chi connectivity index (χ3v) is 5.04. The molecule has 1 saturated carbocycles. The van der Waals surface area contributed by atoms with Crippen LogP contribution in [0.25, 0.3) is 0 Å². The number of nitrogens with one attached hydrogen (secondary N) is 1. The molecule has 1 aromatic carbocycles. The number of carbonyl (C=O) groups is 4. The molecule has 2 aliphatic rings. The number of nitrogens with zero attached hydrogens (tertiary/aromatic N) is 1. The number of ether oxygens (including phenoxy) is 1. The van der Waals surface area contributed by atoms with Crippen LogP contribution in [0.1, 0.15) is 37.0 Å². The number of ketones is 1. The van der Waals surface area contributed by atoms with Gasteiger partial charge in [-0.2, -0.15) is 0 Å². The first-order valence-electron chi connectivity index (χ1n) is 8.35. The molecule has 2 fully saturated rings. The maximum atomic E-state index is 12.5. The van der Waals surface area contributed by atoms with Crippen LogP contribution in [0, 0.1) is 5.92 Å². The lowest BCUT2D eigenvalue weighted by atomic mass is 9.96. The van der Waals surface area contributed by atoms with E-state index in [9.17, 15) is 19.2 Å². The van der Waals surface area contributed by atoms with E-state index in [0.29, 0.717) is 10.6 Å². The molecule has 0 radical (unpaired) electrons. The summed E-state index contributed by atoms with van der Waals surface area (Å²) < 4.78 is 5.10. The molecule has 1 aromatic rings. The monoisotopic (exact) mass is 378 g/mol. The molecule has 0 bridgehead atoms. The molecule has 0 unspecified atom stereocenters. The van der Waals surface area contributed by atoms with Crippen LogP contribution in [0.3, 0.4) is 0 Å². The van der Waals surface area contributed by atoms with Gasteiger partial charge in [-0.05, 0) is 56.9 Å². The molecule has 3 amide bonds. The Morgan fingerprint density at radius 1 is 1.31 bits per heavy atom. The molecule has 3 rings (SSSR count). The van der Waals surface area contributed by atoms with Crippen LogP contribution in [-0.4, -0.2) is 46.8 Å². The van der Waals surface area contributed by atoms with E-state index in [-0.39, 0.29) is 5.92 Å². The Balaban J connectivity index is 1.60. The summed E-state index contributed by atoms with van der Waals surface area (Å²) in [5, 5.41) is 3.14. The summed E-state index contributed by atoms with van der Waals surface area (Å²) in [7, 11) is 0. The average Bonchev–Trinajstić information content (AvgIpc) is 3.41. The summed E-state index contributed by atoms with van der Waals surface area (Å²) in [5.74, 6) is -1.54. The van der Waals surface area contributed by atoms with Crippen molar-refractivity contribution in [3.05, 3.63) is 34.9 Å². The van der Waals surface area contributed by atoms with Crippen molar-refractivity contribution in [3.8, 4) is 0 Å². The fraction of sp³-hybridized carbons (Fsp3) is 0.444. The highest BCUT2D eigenvalue weighted by atomic mass is 35.5. The van der Waals surface area contributed by atoms with Gasteiger partial charge in [0.25, 0.3) is 5.91 Å². The number of imide groups is 1. The van der Waals surface area contributed by atoms with E-state index in [2.05, 4.69) is 5.32 Å². The Hall–Kier alpha value is -2.41. The largest absolute Gasteiger partial charge is 0.453 e. The number of halogens is 1. The highest BCUT2D eigenvalue weighted by Crippen LogP contribution is 2.42. The Morgan fingerprint density at radius 2 is 1.92 bits per heavy atom. The van der Waals surface area contributed by atoms with Gasteiger partial charge in [0.15, 0.2) is 6.10 Å². The van der Waals surface area contributed by atoms with E-state index in [1.807, 2.05) is 0 Å². The molecule has 0 spiro atoms. The fourth-order valence-electron chi connectivity index (χ4n) is 3.06. The molecule has 0 aromatic heterocycles. The molecular weight excluding hydrogens is 360 g/mol. The van der Waals surface area contributed by atoms with Gasteiger partial charge in [-0.25, -0.2) is 4.79 Å². The number of hydrogen-bond donors (Lipinski definition) is 1. The van der Waals surface area contributed by atoms with Gasteiger partial charge < -0.3 is 10.1 Å². The number of rotatable bonds is 6.